The Bertz CT molecular complexity index is 970. The van der Waals surface area contributed by atoms with Crippen LogP contribution in [0.1, 0.15) is 0 Å². The zero-order valence-electron chi connectivity index (χ0n) is 11.3. The van der Waals surface area contributed by atoms with E-state index < -0.39 is 9.84 Å². The van der Waals surface area contributed by atoms with Crippen LogP contribution in [0.4, 0.5) is 0 Å². The molecule has 22 heavy (non-hydrogen) atoms. The smallest absolute Gasteiger partial charge is 0.236 e. The number of hydrogen-bond acceptors (Lipinski definition) is 5. The third-order valence-electron chi connectivity index (χ3n) is 2.99. The lowest BCUT2D eigenvalue weighted by Gasteiger charge is -2.07. The molecular weight excluding hydrogens is 345 g/mol. The summed E-state index contributed by atoms with van der Waals surface area (Å²) in [5.41, 5.74) is 1.66. The molecule has 2 heterocycles. The molecule has 0 bridgehead atoms. The molecule has 0 saturated carbocycles. The molecule has 0 aliphatic rings. The summed E-state index contributed by atoms with van der Waals surface area (Å²) in [6.07, 6.45) is 4.01. The lowest BCUT2D eigenvalue weighted by atomic mass is 10.1. The van der Waals surface area contributed by atoms with Crippen LogP contribution in [0.2, 0.25) is 10.0 Å². The van der Waals surface area contributed by atoms with Crippen LogP contribution in [0.5, 0.6) is 0 Å². The highest BCUT2D eigenvalue weighted by Gasteiger charge is 2.14. The van der Waals surface area contributed by atoms with Gasteiger partial charge in [-0.1, -0.05) is 29.3 Å². The molecule has 0 N–H and O–H groups in total. The van der Waals surface area contributed by atoms with Gasteiger partial charge < -0.3 is 0 Å². The minimum Gasteiger partial charge on any atom is -0.236 e. The topological polar surface area (TPSA) is 72.8 Å². The largest absolute Gasteiger partial charge is 0.248 e. The maximum atomic E-state index is 11.5. The molecule has 0 fully saturated rings. The van der Waals surface area contributed by atoms with Crippen LogP contribution in [0.3, 0.4) is 0 Å². The number of hydrogen-bond donors (Lipinski definition) is 0. The maximum absolute atomic E-state index is 11.5. The Morgan fingerprint density at radius 2 is 1.73 bits per heavy atom. The van der Waals surface area contributed by atoms with Crippen LogP contribution < -0.4 is 0 Å². The highest BCUT2D eigenvalue weighted by Crippen LogP contribution is 2.34. The van der Waals surface area contributed by atoms with Gasteiger partial charge in [-0.25, -0.2) is 18.4 Å². The van der Waals surface area contributed by atoms with E-state index in [0.29, 0.717) is 32.2 Å². The van der Waals surface area contributed by atoms with Gasteiger partial charge in [0.05, 0.1) is 0 Å². The second kappa shape index (κ2) is 5.46. The minimum absolute atomic E-state index is 0.254. The molecule has 0 aliphatic heterocycles. The molecule has 0 radical (unpaired) electrons. The van der Waals surface area contributed by atoms with Gasteiger partial charge in [0.2, 0.25) is 15.0 Å². The molecular formula is C14H9Cl2N3O2S. The monoisotopic (exact) mass is 353 g/mol. The Morgan fingerprint density at radius 1 is 1.05 bits per heavy atom. The molecule has 0 amide bonds. The van der Waals surface area contributed by atoms with Crippen molar-refractivity contribution in [3.05, 3.63) is 46.7 Å². The Kier molecular flexibility index (Phi) is 3.76. The van der Waals surface area contributed by atoms with E-state index >= 15 is 0 Å². The maximum Gasteiger partial charge on any atom is 0.248 e. The predicted molar refractivity (Wildman–Crippen MR) is 85.9 cm³/mol. The Balaban J connectivity index is 2.19. The summed E-state index contributed by atoms with van der Waals surface area (Å²) in [4.78, 5) is 12.0. The second-order valence-electron chi connectivity index (χ2n) is 4.66. The van der Waals surface area contributed by atoms with E-state index in [9.17, 15) is 8.42 Å². The second-order valence-corrected chi connectivity index (χ2v) is 7.38. The van der Waals surface area contributed by atoms with Crippen molar-refractivity contribution in [1.82, 2.24) is 15.0 Å². The summed E-state index contributed by atoms with van der Waals surface area (Å²) in [5.74, 6) is 0. The summed E-state index contributed by atoms with van der Waals surface area (Å²) < 4.78 is 22.9. The quantitative estimate of drug-likeness (QED) is 0.660. The van der Waals surface area contributed by atoms with Gasteiger partial charge in [0.1, 0.15) is 0 Å². The van der Waals surface area contributed by atoms with E-state index in [0.717, 1.165) is 6.26 Å². The first-order valence-electron chi connectivity index (χ1n) is 6.13. The lowest BCUT2D eigenvalue weighted by Crippen LogP contribution is -2.04. The van der Waals surface area contributed by atoms with E-state index in [4.69, 9.17) is 23.2 Å². The molecule has 1 aromatic carbocycles. The number of nitrogens with zero attached hydrogens (tertiary/aromatic N) is 3. The molecule has 0 saturated heterocycles. The fourth-order valence-electron chi connectivity index (χ4n) is 2.00. The number of pyridine rings is 1. The van der Waals surface area contributed by atoms with E-state index in [1.165, 1.54) is 6.20 Å². The van der Waals surface area contributed by atoms with Crippen LogP contribution in [0.15, 0.2) is 41.8 Å². The summed E-state index contributed by atoms with van der Waals surface area (Å²) in [6.45, 7) is 0. The molecule has 0 unspecified atom stereocenters. The van der Waals surface area contributed by atoms with Crippen LogP contribution in [-0.2, 0) is 9.84 Å². The third-order valence-corrected chi connectivity index (χ3v) is 4.48. The molecule has 0 aliphatic carbocycles. The molecule has 0 atom stereocenters. The normalized spacial score (nSPS) is 11.8. The molecule has 8 heteroatoms. The van der Waals surface area contributed by atoms with Crippen molar-refractivity contribution in [1.29, 1.82) is 0 Å². The van der Waals surface area contributed by atoms with Crippen molar-refractivity contribution in [3.8, 4) is 11.1 Å². The fourth-order valence-corrected chi connectivity index (χ4v) is 3.11. The zero-order chi connectivity index (χ0) is 15.9. The molecule has 5 nitrogen and oxygen atoms in total. The first-order chi connectivity index (χ1) is 10.4. The average Bonchev–Trinajstić information content (AvgIpc) is 2.45. The summed E-state index contributed by atoms with van der Waals surface area (Å²) >= 11 is 12.4. The van der Waals surface area contributed by atoms with Crippen LogP contribution in [0, 0.1) is 0 Å². The number of aromatic nitrogens is 3. The summed E-state index contributed by atoms with van der Waals surface area (Å²) in [5, 5.41) is 1.35. The standard InChI is InChI=1S/C14H9Cl2N3O2S/c1-22(20,21)14-18-7-9-5-8(6-17-13(9)19-14)12-10(15)3-2-4-11(12)16/h2-7H,1H3. The van der Waals surface area contributed by atoms with Gasteiger partial charge in [-0.3, -0.25) is 0 Å². The van der Waals surface area contributed by atoms with Crippen LogP contribution >= 0.6 is 23.2 Å². The molecule has 3 aromatic rings. The number of sulfone groups is 1. The molecule has 2 aromatic heterocycles. The van der Waals surface area contributed by atoms with Gasteiger partial charge in [0, 0.05) is 45.2 Å². The predicted octanol–water partition coefficient (Wildman–Crippen LogP) is 3.40. The molecule has 3 rings (SSSR count). The summed E-state index contributed by atoms with van der Waals surface area (Å²) in [7, 11) is -3.47. The Morgan fingerprint density at radius 3 is 2.36 bits per heavy atom. The van der Waals surface area contributed by atoms with Crippen LogP contribution in [0.25, 0.3) is 22.2 Å². The molecule has 0 spiro atoms. The number of halogens is 2. The van der Waals surface area contributed by atoms with Crippen molar-refractivity contribution >= 4 is 44.1 Å². The number of fused-ring (bicyclic) bond motifs is 1. The highest BCUT2D eigenvalue weighted by molar-refractivity contribution is 7.90. The average molecular weight is 354 g/mol. The van der Waals surface area contributed by atoms with E-state index in [1.54, 1.807) is 30.5 Å². The SMILES string of the molecule is CS(=O)(=O)c1ncc2cc(-c3c(Cl)cccc3Cl)cnc2n1. The van der Waals surface area contributed by atoms with Gasteiger partial charge in [0.15, 0.2) is 5.65 Å². The number of rotatable bonds is 2. The fraction of sp³-hybridized carbons (Fsp3) is 0.0714. The minimum atomic E-state index is -3.47. The zero-order valence-corrected chi connectivity index (χ0v) is 13.6. The van der Waals surface area contributed by atoms with Gasteiger partial charge in [-0.2, -0.15) is 4.98 Å². The first-order valence-corrected chi connectivity index (χ1v) is 8.78. The Labute approximate surface area is 136 Å². The van der Waals surface area contributed by atoms with E-state index in [-0.39, 0.29) is 5.16 Å². The Hall–Kier alpha value is -1.76. The highest BCUT2D eigenvalue weighted by atomic mass is 35.5. The number of benzene rings is 1. The molecule has 112 valence electrons. The van der Waals surface area contributed by atoms with Crippen molar-refractivity contribution in [2.75, 3.05) is 6.26 Å². The van der Waals surface area contributed by atoms with Crippen molar-refractivity contribution in [2.45, 2.75) is 5.16 Å². The van der Waals surface area contributed by atoms with Gasteiger partial charge in [-0.15, -0.1) is 0 Å². The first kappa shape index (κ1) is 15.1. The van der Waals surface area contributed by atoms with E-state index in [2.05, 4.69) is 15.0 Å². The third kappa shape index (κ3) is 2.77. The van der Waals surface area contributed by atoms with Crippen molar-refractivity contribution < 1.29 is 8.42 Å². The van der Waals surface area contributed by atoms with Gasteiger partial charge in [-0.05, 0) is 18.2 Å². The van der Waals surface area contributed by atoms with Crippen LogP contribution in [-0.4, -0.2) is 29.6 Å². The van der Waals surface area contributed by atoms with Gasteiger partial charge >= 0.3 is 0 Å². The van der Waals surface area contributed by atoms with E-state index in [1.807, 2.05) is 0 Å². The van der Waals surface area contributed by atoms with Crippen molar-refractivity contribution in [2.24, 2.45) is 0 Å². The van der Waals surface area contributed by atoms with Crippen molar-refractivity contribution in [3.63, 3.8) is 0 Å². The lowest BCUT2D eigenvalue weighted by molar-refractivity contribution is 0.593. The summed E-state index contributed by atoms with van der Waals surface area (Å²) in [6, 6.07) is 6.98. The van der Waals surface area contributed by atoms with Gasteiger partial charge in [0.25, 0.3) is 0 Å².